The number of aromatic nitrogens is 4. The maximum absolute atomic E-state index is 10.6. The van der Waals surface area contributed by atoms with Crippen LogP contribution in [0.4, 0.5) is 0 Å². The number of aldehydes is 4. The molecule has 0 aliphatic carbocycles. The molecule has 0 unspecified atom stereocenters. The lowest BCUT2D eigenvalue weighted by Gasteiger charge is -1.97. The first-order valence-corrected chi connectivity index (χ1v) is 34.3. The van der Waals surface area contributed by atoms with Gasteiger partial charge in [0, 0.05) is 77.8 Å². The second-order valence-electron chi connectivity index (χ2n) is 21.5. The van der Waals surface area contributed by atoms with Crippen LogP contribution in [0, 0.1) is 0 Å². The Hall–Kier alpha value is -13.9. The number of Topliss-reactive ketones (excluding diaryl/α,β-unsaturated/α-hetero) is 3. The number of rotatable bonds is 15. The highest BCUT2D eigenvalue weighted by molar-refractivity contribution is 5.94. The number of nitrogens with zero attached hydrogens (tertiary/aromatic N) is 4. The third kappa shape index (κ3) is 48.7. The van der Waals surface area contributed by atoms with E-state index < -0.39 is 0 Å². The van der Waals surface area contributed by atoms with Gasteiger partial charge in [-0.2, -0.15) is 0 Å². The van der Waals surface area contributed by atoms with E-state index in [0.29, 0.717) is 25.4 Å². The summed E-state index contributed by atoms with van der Waals surface area (Å²) in [5.74, 6) is 0.363. The Morgan fingerprint density at radius 3 is 0.697 bits per heavy atom. The number of ketones is 3. The molecule has 0 amide bonds. The molecule has 4 aromatic heterocycles. The van der Waals surface area contributed by atoms with Gasteiger partial charge in [0.15, 0.2) is 17.3 Å². The third-order valence-corrected chi connectivity index (χ3v) is 13.3. The van der Waals surface area contributed by atoms with Crippen molar-refractivity contribution in [3.8, 4) is 44.8 Å². The minimum Gasteiger partial charge on any atom is -0.392 e. The summed E-state index contributed by atoms with van der Waals surface area (Å²) in [6, 6.07) is 108. The van der Waals surface area contributed by atoms with Crippen molar-refractivity contribution in [2.45, 2.75) is 33.6 Å². The molecule has 0 atom stereocenters. The van der Waals surface area contributed by atoms with E-state index >= 15 is 0 Å². The summed E-state index contributed by atoms with van der Waals surface area (Å²) in [6.45, 7) is 17.5. The molecule has 13 heteroatoms. The first-order chi connectivity index (χ1) is 53.3. The summed E-state index contributed by atoms with van der Waals surface area (Å²) in [4.78, 5) is 86.6. The zero-order valence-electron chi connectivity index (χ0n) is 62.0. The van der Waals surface area contributed by atoms with Gasteiger partial charge in [0.2, 0.25) is 0 Å². The molecule has 2 N–H and O–H groups in total. The number of pyridine rings is 4. The third-order valence-electron chi connectivity index (χ3n) is 13.3. The molecule has 4 heterocycles. The summed E-state index contributed by atoms with van der Waals surface area (Å²) in [6.07, 6.45) is 20.3. The number of carbonyl (C=O) groups excluding carboxylic acids is 7. The number of aliphatic hydroxyl groups is 2. The summed E-state index contributed by atoms with van der Waals surface area (Å²) < 4.78 is 0. The first-order valence-electron chi connectivity index (χ1n) is 34.3. The van der Waals surface area contributed by atoms with E-state index in [-0.39, 0.29) is 30.6 Å². The fourth-order valence-electron chi connectivity index (χ4n) is 8.05. The van der Waals surface area contributed by atoms with Gasteiger partial charge in [-0.3, -0.25) is 43.9 Å². The van der Waals surface area contributed by atoms with Gasteiger partial charge in [-0.1, -0.05) is 323 Å². The fraction of sp³-hybridized carbons (Fsp3) is 0.0729. The molecule has 0 aliphatic rings. The molecule has 0 bridgehead atoms. The van der Waals surface area contributed by atoms with Crippen molar-refractivity contribution >= 4 is 42.5 Å². The van der Waals surface area contributed by atoms with Crippen LogP contribution in [0.1, 0.15) is 63.0 Å². The Morgan fingerprint density at radius 2 is 0.514 bits per heavy atom. The standard InChI is InChI=1S/4C11H9N.5C8H8O.2C3H6O.2C3H4O/c2*1-2-6-10(7-3-1)11-8-4-5-9-12-11;2*1-2-5-10(6-3-1)11-7-4-8-12-9-11;3*1-7(9)8-5-3-2-4-6-8;2*9-7-6-8-4-2-1-3-5-8;4*1-2-3-4/h4*1-9H;3*2-6H,1H3;2*1-5,7H,6H2;2*2,4H,1,3H2;2*2-3H,1H2. The molecule has 0 saturated heterocycles. The normalized spacial score (nSPS) is 8.78. The van der Waals surface area contributed by atoms with Crippen LogP contribution in [0.2, 0.25) is 0 Å². The van der Waals surface area contributed by atoms with Gasteiger partial charge >= 0.3 is 0 Å². The Labute approximate surface area is 643 Å². The van der Waals surface area contributed by atoms with E-state index in [0.717, 1.165) is 74.0 Å². The van der Waals surface area contributed by atoms with Gasteiger partial charge in [0.25, 0.3) is 0 Å². The number of hydrogen-bond acceptors (Lipinski definition) is 13. The van der Waals surface area contributed by atoms with Crippen molar-refractivity contribution in [2.24, 2.45) is 0 Å². The average Bonchev–Trinajstić information content (AvgIpc) is 0.909. The van der Waals surface area contributed by atoms with Gasteiger partial charge in [-0.25, -0.2) is 0 Å². The lowest BCUT2D eigenvalue weighted by Crippen LogP contribution is -1.88. The summed E-state index contributed by atoms with van der Waals surface area (Å²) in [5, 5.41) is 15.5. The molecule has 554 valence electrons. The molecule has 0 spiro atoms. The van der Waals surface area contributed by atoms with Gasteiger partial charge in [-0.15, -0.1) is 13.2 Å². The summed E-state index contributed by atoms with van der Waals surface area (Å²) in [7, 11) is 0. The van der Waals surface area contributed by atoms with Crippen molar-refractivity contribution in [1.29, 1.82) is 0 Å². The highest BCUT2D eigenvalue weighted by Gasteiger charge is 1.99. The Morgan fingerprint density at radius 1 is 0.294 bits per heavy atom. The molecule has 109 heavy (non-hydrogen) atoms. The SMILES string of the molecule is C=CC=O.C=CC=O.C=CCO.C=CCO.CC(=O)c1ccccc1.CC(=O)c1ccccc1.CC(=O)c1ccccc1.O=CCc1ccccc1.O=CCc1ccccc1.c1ccc(-c2ccccn2)cc1.c1ccc(-c2ccccn2)cc1.c1ccc(-c2cccnc2)cc1.c1ccc(-c2cccnc2)cc1. The van der Waals surface area contributed by atoms with Gasteiger partial charge < -0.3 is 19.8 Å². The minimum atomic E-state index is 0.0833. The van der Waals surface area contributed by atoms with Crippen molar-refractivity contribution in [2.75, 3.05) is 13.2 Å². The molecule has 0 aliphatic heterocycles. The molecule has 13 rings (SSSR count). The highest BCUT2D eigenvalue weighted by atomic mass is 16.3. The Bertz CT molecular complexity index is 3760. The van der Waals surface area contributed by atoms with Crippen LogP contribution >= 0.6 is 0 Å². The van der Waals surface area contributed by atoms with E-state index in [1.54, 1.807) is 33.2 Å². The second kappa shape index (κ2) is 66.1. The largest absolute Gasteiger partial charge is 0.392 e. The van der Waals surface area contributed by atoms with Crippen LogP contribution < -0.4 is 0 Å². The van der Waals surface area contributed by atoms with Crippen LogP contribution in [-0.4, -0.2) is 85.9 Å². The lowest BCUT2D eigenvalue weighted by molar-refractivity contribution is -0.108. The zero-order valence-corrected chi connectivity index (χ0v) is 62.0. The quantitative estimate of drug-likeness (QED) is 0.0424. The number of carbonyl (C=O) groups is 7. The number of benzene rings is 9. The maximum atomic E-state index is 10.6. The number of hydrogen-bond donors (Lipinski definition) is 2. The van der Waals surface area contributed by atoms with E-state index in [1.165, 1.54) is 35.4 Å². The van der Waals surface area contributed by atoms with Crippen LogP contribution in [0.3, 0.4) is 0 Å². The van der Waals surface area contributed by atoms with E-state index in [4.69, 9.17) is 19.8 Å². The van der Waals surface area contributed by atoms with Crippen molar-refractivity contribution < 1.29 is 43.8 Å². The fourth-order valence-corrected chi connectivity index (χ4v) is 8.05. The molecular weight excluding hydrogens is 1350 g/mol. The van der Waals surface area contributed by atoms with Crippen LogP contribution in [0.15, 0.2) is 421 Å². The Balaban J connectivity index is 0.000000600. The molecule has 0 radical (unpaired) electrons. The minimum absolute atomic E-state index is 0.0833. The van der Waals surface area contributed by atoms with Gasteiger partial charge in [-0.05, 0) is 103 Å². The molecule has 0 fully saturated rings. The monoisotopic (exact) mass is 1450 g/mol. The molecular formula is C96H96N4O9. The van der Waals surface area contributed by atoms with Gasteiger partial charge in [0.05, 0.1) is 24.6 Å². The van der Waals surface area contributed by atoms with Crippen molar-refractivity contribution in [3.63, 3.8) is 0 Å². The van der Waals surface area contributed by atoms with E-state index in [2.05, 4.69) is 107 Å². The predicted octanol–water partition coefficient (Wildman–Crippen LogP) is 20.6. The summed E-state index contributed by atoms with van der Waals surface area (Å²) >= 11 is 0. The molecule has 9 aromatic carbocycles. The van der Waals surface area contributed by atoms with Crippen molar-refractivity contribution in [1.82, 2.24) is 19.9 Å². The average molecular weight is 1450 g/mol. The van der Waals surface area contributed by atoms with Crippen molar-refractivity contribution in [3.05, 3.63) is 449 Å². The Kier molecular flexibility index (Phi) is 56.5. The van der Waals surface area contributed by atoms with Crippen LogP contribution in [0.25, 0.3) is 44.8 Å². The second-order valence-corrected chi connectivity index (χ2v) is 21.5. The molecule has 13 nitrogen and oxygen atoms in total. The molecule has 13 aromatic rings. The van der Waals surface area contributed by atoms with Crippen LogP contribution in [-0.2, 0) is 32.0 Å². The predicted molar refractivity (Wildman–Crippen MR) is 448 cm³/mol. The molecule has 0 saturated carbocycles. The van der Waals surface area contributed by atoms with Crippen LogP contribution in [0.5, 0.6) is 0 Å². The highest BCUT2D eigenvalue weighted by Crippen LogP contribution is 2.19. The lowest BCUT2D eigenvalue weighted by atomic mass is 10.1. The maximum Gasteiger partial charge on any atom is 0.159 e. The summed E-state index contributed by atoms with van der Waals surface area (Å²) in [5.41, 5.74) is 13.6. The van der Waals surface area contributed by atoms with E-state index in [9.17, 15) is 24.0 Å². The zero-order chi connectivity index (χ0) is 79.7. The first kappa shape index (κ1) is 93.2. The van der Waals surface area contributed by atoms with E-state index in [1.807, 2.05) is 298 Å². The number of aliphatic hydroxyl groups excluding tert-OH is 2. The topological polar surface area (TPSA) is 212 Å². The number of allylic oxidation sites excluding steroid dienone is 2. The van der Waals surface area contributed by atoms with Gasteiger partial charge in [0.1, 0.15) is 25.1 Å². The smallest absolute Gasteiger partial charge is 0.159 e.